The molecule has 0 saturated heterocycles. The number of hydrogen-bond donors (Lipinski definition) is 2. The van der Waals surface area contributed by atoms with Crippen LogP contribution in [0.25, 0.3) is 16.7 Å². The zero-order valence-electron chi connectivity index (χ0n) is 23.2. The van der Waals surface area contributed by atoms with Crippen molar-refractivity contribution in [2.45, 2.75) is 33.1 Å². The quantitative estimate of drug-likeness (QED) is 0.257. The number of nitrogens with zero attached hydrogens (tertiary/aromatic N) is 1. The molecule has 4 aromatic rings. The molecule has 2 N–H and O–H groups in total. The summed E-state index contributed by atoms with van der Waals surface area (Å²) in [6, 6.07) is 32.7. The molecule has 0 aliphatic heterocycles. The van der Waals surface area contributed by atoms with Crippen LogP contribution < -0.4 is 10.4 Å². The van der Waals surface area contributed by atoms with E-state index in [2.05, 4.69) is 86.5 Å². The van der Waals surface area contributed by atoms with E-state index in [9.17, 15) is 10.0 Å². The molecular weight excluding hydrogens is 477 g/mol. The second kappa shape index (κ2) is 11.7. The van der Waals surface area contributed by atoms with E-state index >= 15 is 0 Å². The third-order valence-electron chi connectivity index (χ3n) is 7.27. The maximum absolute atomic E-state index is 9.60. The molecule has 0 heterocycles. The SMILES string of the molecule is C=C/C=C1\C(=C)C(C)(C)c2cc(N(c3ccc(B(O)O)cc3)c3ccc(-c4ccccc4)cc3)ccc21.CC. The van der Waals surface area contributed by atoms with Gasteiger partial charge in [0.05, 0.1) is 0 Å². The van der Waals surface area contributed by atoms with Crippen LogP contribution in [0.4, 0.5) is 17.1 Å². The molecule has 5 rings (SSSR count). The fraction of sp³-hybridized carbons (Fsp3) is 0.143. The molecule has 0 spiro atoms. The lowest BCUT2D eigenvalue weighted by atomic mass is 9.80. The van der Waals surface area contributed by atoms with Gasteiger partial charge in [-0.25, -0.2) is 0 Å². The Labute approximate surface area is 233 Å². The number of fused-ring (bicyclic) bond motifs is 1. The highest BCUT2D eigenvalue weighted by Gasteiger charge is 2.37. The summed E-state index contributed by atoms with van der Waals surface area (Å²) in [5.41, 5.74) is 10.1. The number of anilines is 3. The van der Waals surface area contributed by atoms with E-state index in [0.29, 0.717) is 5.46 Å². The predicted octanol–water partition coefficient (Wildman–Crippen LogP) is 7.95. The number of rotatable bonds is 6. The molecule has 196 valence electrons. The zero-order valence-corrected chi connectivity index (χ0v) is 23.2. The third kappa shape index (κ3) is 5.40. The zero-order chi connectivity index (χ0) is 28.2. The molecule has 0 aromatic heterocycles. The molecule has 1 aliphatic rings. The van der Waals surface area contributed by atoms with Crippen molar-refractivity contribution >= 4 is 35.2 Å². The molecule has 0 unspecified atom stereocenters. The van der Waals surface area contributed by atoms with Gasteiger partial charge in [-0.15, -0.1) is 0 Å². The van der Waals surface area contributed by atoms with E-state index in [1.54, 1.807) is 12.1 Å². The Bertz CT molecular complexity index is 1480. The minimum absolute atomic E-state index is 0.214. The number of hydrogen-bond acceptors (Lipinski definition) is 3. The van der Waals surface area contributed by atoms with Crippen LogP contribution in [0.3, 0.4) is 0 Å². The van der Waals surface area contributed by atoms with Gasteiger partial charge >= 0.3 is 7.12 Å². The number of allylic oxidation sites excluding steroid dienone is 4. The van der Waals surface area contributed by atoms with Gasteiger partial charge in [0.1, 0.15) is 0 Å². The largest absolute Gasteiger partial charge is 0.488 e. The first kappa shape index (κ1) is 27.9. The second-order valence-corrected chi connectivity index (χ2v) is 9.86. The van der Waals surface area contributed by atoms with Crippen LogP contribution in [-0.4, -0.2) is 17.2 Å². The highest BCUT2D eigenvalue weighted by atomic mass is 16.4. The summed E-state index contributed by atoms with van der Waals surface area (Å²) in [7, 11) is -1.51. The lowest BCUT2D eigenvalue weighted by Gasteiger charge is -2.28. The molecule has 0 radical (unpaired) electrons. The standard InChI is InChI=1S/C33H30BNO2.C2H6/c1-5-9-30-23(2)33(3,4)32-22-29(20-21-31(30)32)35(28-18-14-26(15-19-28)34(36)37)27-16-12-25(13-17-27)24-10-7-6-8-11-24;1-2/h5-22,36-37H,1-2H2,3-4H3;1-2H3/b30-9+;. The predicted molar refractivity (Wildman–Crippen MR) is 168 cm³/mol. The summed E-state index contributed by atoms with van der Waals surface area (Å²) in [4.78, 5) is 2.19. The van der Waals surface area contributed by atoms with Crippen LogP contribution >= 0.6 is 0 Å². The van der Waals surface area contributed by atoms with E-state index in [4.69, 9.17) is 0 Å². The lowest BCUT2D eigenvalue weighted by molar-refractivity contribution is 0.426. The van der Waals surface area contributed by atoms with Gasteiger partial charge in [0, 0.05) is 22.5 Å². The van der Waals surface area contributed by atoms with Crippen molar-refractivity contribution in [1.29, 1.82) is 0 Å². The molecule has 0 bridgehead atoms. The molecule has 0 atom stereocenters. The van der Waals surface area contributed by atoms with Crippen LogP contribution in [0.15, 0.2) is 128 Å². The maximum Gasteiger partial charge on any atom is 0.488 e. The van der Waals surface area contributed by atoms with Crippen molar-refractivity contribution in [3.05, 3.63) is 139 Å². The fourth-order valence-corrected chi connectivity index (χ4v) is 5.07. The first-order valence-corrected chi connectivity index (χ1v) is 13.4. The molecule has 0 amide bonds. The summed E-state index contributed by atoms with van der Waals surface area (Å²) in [5.74, 6) is 0. The average Bonchev–Trinajstić information content (AvgIpc) is 3.16. The molecular formula is C35H36BNO2. The average molecular weight is 513 g/mol. The van der Waals surface area contributed by atoms with Gasteiger partial charge in [0.25, 0.3) is 0 Å². The second-order valence-electron chi connectivity index (χ2n) is 9.86. The lowest BCUT2D eigenvalue weighted by Crippen LogP contribution is -2.29. The van der Waals surface area contributed by atoms with E-state index in [1.165, 1.54) is 16.7 Å². The summed E-state index contributed by atoms with van der Waals surface area (Å²) < 4.78 is 0. The first-order chi connectivity index (χ1) is 18.8. The van der Waals surface area contributed by atoms with Crippen LogP contribution in [0.1, 0.15) is 38.8 Å². The van der Waals surface area contributed by atoms with Crippen molar-refractivity contribution in [1.82, 2.24) is 0 Å². The van der Waals surface area contributed by atoms with Crippen molar-refractivity contribution in [2.75, 3.05) is 4.90 Å². The highest BCUT2D eigenvalue weighted by Crippen LogP contribution is 2.50. The Hall–Kier alpha value is -4.12. The molecule has 0 saturated carbocycles. The highest BCUT2D eigenvalue weighted by molar-refractivity contribution is 6.58. The molecule has 1 aliphatic carbocycles. The maximum atomic E-state index is 9.60. The van der Waals surface area contributed by atoms with Crippen molar-refractivity contribution < 1.29 is 10.0 Å². The Morgan fingerprint density at radius 2 is 1.28 bits per heavy atom. The summed E-state index contributed by atoms with van der Waals surface area (Å²) >= 11 is 0. The minimum Gasteiger partial charge on any atom is -0.423 e. The van der Waals surface area contributed by atoms with Gasteiger partial charge in [0.2, 0.25) is 0 Å². The van der Waals surface area contributed by atoms with Gasteiger partial charge < -0.3 is 14.9 Å². The van der Waals surface area contributed by atoms with Gasteiger partial charge in [-0.05, 0) is 75.3 Å². The Morgan fingerprint density at radius 3 is 1.85 bits per heavy atom. The van der Waals surface area contributed by atoms with Crippen LogP contribution in [0.5, 0.6) is 0 Å². The molecule has 0 fully saturated rings. The summed E-state index contributed by atoms with van der Waals surface area (Å²) in [5, 5.41) is 19.2. The Kier molecular flexibility index (Phi) is 8.40. The molecule has 39 heavy (non-hydrogen) atoms. The minimum atomic E-state index is -1.51. The Balaban J connectivity index is 0.00000172. The first-order valence-electron chi connectivity index (χ1n) is 13.4. The van der Waals surface area contributed by atoms with Crippen molar-refractivity contribution in [2.24, 2.45) is 0 Å². The molecule has 3 nitrogen and oxygen atoms in total. The molecule has 4 aromatic carbocycles. The van der Waals surface area contributed by atoms with Crippen LogP contribution in [-0.2, 0) is 5.41 Å². The van der Waals surface area contributed by atoms with Crippen molar-refractivity contribution in [3.63, 3.8) is 0 Å². The van der Waals surface area contributed by atoms with Gasteiger partial charge in [-0.3, -0.25) is 0 Å². The van der Waals surface area contributed by atoms with Gasteiger partial charge in [-0.1, -0.05) is 114 Å². The third-order valence-corrected chi connectivity index (χ3v) is 7.27. The summed E-state index contributed by atoms with van der Waals surface area (Å²) in [6.07, 6.45) is 3.85. The van der Waals surface area contributed by atoms with Crippen LogP contribution in [0.2, 0.25) is 0 Å². The van der Waals surface area contributed by atoms with Gasteiger partial charge in [0.15, 0.2) is 0 Å². The smallest absolute Gasteiger partial charge is 0.423 e. The van der Waals surface area contributed by atoms with E-state index in [-0.39, 0.29) is 5.41 Å². The Morgan fingerprint density at radius 1 is 0.744 bits per heavy atom. The van der Waals surface area contributed by atoms with Crippen LogP contribution in [0, 0.1) is 0 Å². The van der Waals surface area contributed by atoms with E-state index < -0.39 is 7.12 Å². The summed E-state index contributed by atoms with van der Waals surface area (Å²) in [6.45, 7) is 16.7. The van der Waals surface area contributed by atoms with Crippen molar-refractivity contribution in [3.8, 4) is 11.1 Å². The molecule has 4 heteroatoms. The van der Waals surface area contributed by atoms with Gasteiger partial charge in [-0.2, -0.15) is 0 Å². The normalized spacial score (nSPS) is 14.3. The topological polar surface area (TPSA) is 43.7 Å². The monoisotopic (exact) mass is 513 g/mol. The van der Waals surface area contributed by atoms with E-state index in [1.807, 2.05) is 56.3 Å². The fourth-order valence-electron chi connectivity index (χ4n) is 5.07. The van der Waals surface area contributed by atoms with E-state index in [0.717, 1.165) is 33.8 Å². The number of benzene rings is 4.